The number of hydrogen-bond acceptors (Lipinski definition) is 1. The summed E-state index contributed by atoms with van der Waals surface area (Å²) in [5, 5.41) is 0. The molecule has 0 spiro atoms. The Morgan fingerprint density at radius 1 is 0.833 bits per heavy atom. The Labute approximate surface area is 112 Å². The molecule has 0 saturated carbocycles. The summed E-state index contributed by atoms with van der Waals surface area (Å²) in [6.07, 6.45) is 16.6. The molecule has 18 heavy (non-hydrogen) atoms. The van der Waals surface area contributed by atoms with Crippen molar-refractivity contribution in [3.8, 4) is 0 Å². The summed E-state index contributed by atoms with van der Waals surface area (Å²) < 4.78 is 12.4. The zero-order chi connectivity index (χ0) is 13.5. The molecule has 0 rings (SSSR count). The molecule has 0 heterocycles. The minimum absolute atomic E-state index is 0.276. The van der Waals surface area contributed by atoms with Gasteiger partial charge in [0.15, 0.2) is 12.1 Å². The predicted molar refractivity (Wildman–Crippen MR) is 76.3 cm³/mol. The smallest absolute Gasteiger partial charge is 0.178 e. The second kappa shape index (κ2) is 14.4. The first-order valence-electron chi connectivity index (χ1n) is 7.62. The van der Waals surface area contributed by atoms with Gasteiger partial charge in [-0.3, -0.25) is 4.79 Å². The number of carbonyl (C=O) groups excluding carboxylic acids is 1. The molecule has 106 valence electrons. The summed E-state index contributed by atoms with van der Waals surface area (Å²) in [6.45, 7) is 2.25. The van der Waals surface area contributed by atoms with Gasteiger partial charge in [0.1, 0.15) is 0 Å². The van der Waals surface area contributed by atoms with Gasteiger partial charge in [0.25, 0.3) is 0 Å². The van der Waals surface area contributed by atoms with Crippen LogP contribution in [0.2, 0.25) is 0 Å². The Kier molecular flexibility index (Phi) is 13.9. The maximum absolute atomic E-state index is 12.4. The first-order chi connectivity index (χ1) is 8.81. The minimum Gasteiger partial charge on any atom is -0.295 e. The number of allylic oxidation sites excluding steroid dienone is 2. The summed E-state index contributed by atoms with van der Waals surface area (Å²) in [5.74, 6) is -0.623. The molecule has 0 aromatic rings. The van der Waals surface area contributed by atoms with Crippen molar-refractivity contribution in [3.63, 3.8) is 0 Å². The molecule has 0 radical (unpaired) electrons. The van der Waals surface area contributed by atoms with Crippen LogP contribution in [0.3, 0.4) is 0 Å². The van der Waals surface area contributed by atoms with Gasteiger partial charge in [0.2, 0.25) is 0 Å². The van der Waals surface area contributed by atoms with Crippen LogP contribution >= 0.6 is 0 Å². The molecule has 0 atom stereocenters. The lowest BCUT2D eigenvalue weighted by Crippen LogP contribution is -1.82. The van der Waals surface area contributed by atoms with Crippen molar-refractivity contribution in [2.75, 3.05) is 0 Å². The van der Waals surface area contributed by atoms with E-state index in [0.717, 1.165) is 12.8 Å². The average molecular weight is 256 g/mol. The van der Waals surface area contributed by atoms with Crippen LogP contribution in [-0.4, -0.2) is 6.29 Å². The van der Waals surface area contributed by atoms with Crippen LogP contribution < -0.4 is 0 Å². The van der Waals surface area contributed by atoms with E-state index in [1.54, 1.807) is 0 Å². The summed E-state index contributed by atoms with van der Waals surface area (Å²) >= 11 is 0. The molecule has 0 amide bonds. The SMILES string of the molecule is CCCCCCCCCCCCC/C=C(\F)C=O. The molecule has 0 fully saturated rings. The highest BCUT2D eigenvalue weighted by atomic mass is 19.1. The molecule has 1 nitrogen and oxygen atoms in total. The van der Waals surface area contributed by atoms with Crippen molar-refractivity contribution < 1.29 is 9.18 Å². The van der Waals surface area contributed by atoms with E-state index < -0.39 is 5.83 Å². The van der Waals surface area contributed by atoms with Gasteiger partial charge in [0, 0.05) is 0 Å². The molecule has 0 aromatic carbocycles. The number of aldehydes is 1. The molecule has 0 aliphatic carbocycles. The Balaban J connectivity index is 3.05. The first-order valence-corrected chi connectivity index (χ1v) is 7.62. The van der Waals surface area contributed by atoms with E-state index in [0.29, 0.717) is 6.42 Å². The summed E-state index contributed by atoms with van der Waals surface area (Å²) in [4.78, 5) is 9.99. The highest BCUT2D eigenvalue weighted by Gasteiger charge is 1.93. The third-order valence-electron chi connectivity index (χ3n) is 3.26. The number of halogens is 1. The molecule has 0 unspecified atom stereocenters. The summed E-state index contributed by atoms with van der Waals surface area (Å²) in [7, 11) is 0. The maximum Gasteiger partial charge on any atom is 0.178 e. The van der Waals surface area contributed by atoms with Crippen molar-refractivity contribution in [2.45, 2.75) is 84.0 Å². The third-order valence-corrected chi connectivity index (χ3v) is 3.26. The Morgan fingerprint density at radius 3 is 1.72 bits per heavy atom. The molecule has 0 N–H and O–H groups in total. The fourth-order valence-electron chi connectivity index (χ4n) is 2.10. The molecule has 2 heteroatoms. The standard InChI is InChI=1S/C16H29FO/c1-2-3-4-5-6-7-8-9-10-11-12-13-14-16(17)15-18/h14-15H,2-13H2,1H3/b16-14-. The quantitative estimate of drug-likeness (QED) is 0.233. The second-order valence-corrected chi connectivity index (χ2v) is 5.03. The monoisotopic (exact) mass is 256 g/mol. The van der Waals surface area contributed by atoms with Crippen LogP contribution in [0.4, 0.5) is 4.39 Å². The molecule has 0 saturated heterocycles. The van der Waals surface area contributed by atoms with Gasteiger partial charge in [-0.05, 0) is 18.9 Å². The van der Waals surface area contributed by atoms with Gasteiger partial charge in [0.05, 0.1) is 0 Å². The molecule has 0 aliphatic rings. The van der Waals surface area contributed by atoms with Gasteiger partial charge in [-0.1, -0.05) is 71.1 Å². The van der Waals surface area contributed by atoms with Crippen molar-refractivity contribution in [3.05, 3.63) is 11.9 Å². The van der Waals surface area contributed by atoms with Crippen LogP contribution in [0, 0.1) is 0 Å². The first kappa shape index (κ1) is 17.3. The van der Waals surface area contributed by atoms with E-state index in [1.165, 1.54) is 63.9 Å². The van der Waals surface area contributed by atoms with E-state index in [1.807, 2.05) is 0 Å². The highest BCUT2D eigenvalue weighted by molar-refractivity contribution is 5.69. The largest absolute Gasteiger partial charge is 0.295 e. The van der Waals surface area contributed by atoms with Crippen molar-refractivity contribution in [1.82, 2.24) is 0 Å². The molecule has 0 aliphatic heterocycles. The predicted octanol–water partition coefficient (Wildman–Crippen LogP) is 5.74. The van der Waals surface area contributed by atoms with Crippen LogP contribution in [0.5, 0.6) is 0 Å². The number of carbonyl (C=O) groups is 1. The Morgan fingerprint density at radius 2 is 1.28 bits per heavy atom. The fraction of sp³-hybridized carbons (Fsp3) is 0.812. The van der Waals surface area contributed by atoms with Gasteiger partial charge < -0.3 is 0 Å². The molecular formula is C16H29FO. The van der Waals surface area contributed by atoms with Crippen LogP contribution in [0.15, 0.2) is 11.9 Å². The summed E-state index contributed by atoms with van der Waals surface area (Å²) in [6, 6.07) is 0. The van der Waals surface area contributed by atoms with Crippen LogP contribution in [0.25, 0.3) is 0 Å². The fourth-order valence-corrected chi connectivity index (χ4v) is 2.10. The summed E-state index contributed by atoms with van der Waals surface area (Å²) in [5.41, 5.74) is 0. The highest BCUT2D eigenvalue weighted by Crippen LogP contribution is 2.12. The van der Waals surface area contributed by atoms with E-state index in [9.17, 15) is 9.18 Å². The van der Waals surface area contributed by atoms with Gasteiger partial charge >= 0.3 is 0 Å². The lowest BCUT2D eigenvalue weighted by atomic mass is 10.1. The lowest BCUT2D eigenvalue weighted by molar-refractivity contribution is -0.106. The van der Waals surface area contributed by atoms with E-state index in [-0.39, 0.29) is 6.29 Å². The van der Waals surface area contributed by atoms with Crippen molar-refractivity contribution >= 4 is 6.29 Å². The molecular weight excluding hydrogens is 227 g/mol. The maximum atomic E-state index is 12.4. The van der Waals surface area contributed by atoms with Crippen molar-refractivity contribution in [1.29, 1.82) is 0 Å². The van der Waals surface area contributed by atoms with E-state index in [4.69, 9.17) is 0 Å². The zero-order valence-corrected chi connectivity index (χ0v) is 11.9. The zero-order valence-electron chi connectivity index (χ0n) is 11.9. The topological polar surface area (TPSA) is 17.1 Å². The number of rotatable bonds is 13. The Hall–Kier alpha value is -0.660. The average Bonchev–Trinajstić information content (AvgIpc) is 2.39. The third kappa shape index (κ3) is 13.4. The van der Waals surface area contributed by atoms with E-state index >= 15 is 0 Å². The molecule has 0 aromatic heterocycles. The van der Waals surface area contributed by atoms with Crippen LogP contribution in [0.1, 0.15) is 84.0 Å². The van der Waals surface area contributed by atoms with Gasteiger partial charge in [-0.25, -0.2) is 4.39 Å². The van der Waals surface area contributed by atoms with Crippen molar-refractivity contribution in [2.24, 2.45) is 0 Å². The van der Waals surface area contributed by atoms with Crippen LogP contribution in [-0.2, 0) is 4.79 Å². The number of unbranched alkanes of at least 4 members (excludes halogenated alkanes) is 11. The normalized spacial score (nSPS) is 11.8. The second-order valence-electron chi connectivity index (χ2n) is 5.03. The lowest BCUT2D eigenvalue weighted by Gasteiger charge is -2.01. The van der Waals surface area contributed by atoms with E-state index in [2.05, 4.69) is 6.92 Å². The number of hydrogen-bond donors (Lipinski definition) is 0. The molecule has 0 bridgehead atoms. The van der Waals surface area contributed by atoms with Gasteiger partial charge in [-0.2, -0.15) is 0 Å². The van der Waals surface area contributed by atoms with Gasteiger partial charge in [-0.15, -0.1) is 0 Å². The Bertz CT molecular complexity index is 211. The minimum atomic E-state index is -0.623.